The van der Waals surface area contributed by atoms with Crippen LogP contribution in [0.4, 0.5) is 0 Å². The number of nitrogens with zero attached hydrogens (tertiary/aromatic N) is 2. The summed E-state index contributed by atoms with van der Waals surface area (Å²) in [6, 6.07) is 0.616. The predicted molar refractivity (Wildman–Crippen MR) is 93.7 cm³/mol. The number of methoxy groups -OCH3 is 1. The lowest BCUT2D eigenvalue weighted by molar-refractivity contribution is 0.0702. The molecular weight excluding hydrogens is 280 g/mol. The number of ether oxygens (including phenoxy) is 2. The Morgan fingerprint density at radius 2 is 1.95 bits per heavy atom. The first-order valence-corrected chi connectivity index (χ1v) is 8.44. The molecule has 6 heteroatoms. The van der Waals surface area contributed by atoms with Crippen LogP contribution in [0.25, 0.3) is 0 Å². The highest BCUT2D eigenvalue weighted by Gasteiger charge is 2.06. The minimum atomic E-state index is 0.616. The van der Waals surface area contributed by atoms with E-state index in [2.05, 4.69) is 48.3 Å². The zero-order valence-electron chi connectivity index (χ0n) is 15.2. The second-order valence-corrected chi connectivity index (χ2v) is 5.38. The Bertz CT molecular complexity index is 275. The maximum atomic E-state index is 5.43. The molecular formula is C16H36N4O2. The van der Waals surface area contributed by atoms with Gasteiger partial charge in [0.25, 0.3) is 0 Å². The smallest absolute Gasteiger partial charge is 0.191 e. The van der Waals surface area contributed by atoms with E-state index in [9.17, 15) is 0 Å². The molecule has 0 aliphatic heterocycles. The Morgan fingerprint density at radius 1 is 1.18 bits per heavy atom. The summed E-state index contributed by atoms with van der Waals surface area (Å²) in [5, 5.41) is 6.65. The second kappa shape index (κ2) is 15.1. The summed E-state index contributed by atoms with van der Waals surface area (Å²) in [5.41, 5.74) is 0. The van der Waals surface area contributed by atoms with Crippen LogP contribution in [0.5, 0.6) is 0 Å². The fourth-order valence-corrected chi connectivity index (χ4v) is 1.83. The van der Waals surface area contributed by atoms with Gasteiger partial charge in [0.15, 0.2) is 5.96 Å². The van der Waals surface area contributed by atoms with Crippen LogP contribution in [0.15, 0.2) is 4.99 Å². The molecule has 132 valence electrons. The number of nitrogens with one attached hydrogen (secondary N) is 2. The third kappa shape index (κ3) is 11.8. The normalized spacial score (nSPS) is 13.5. The fraction of sp³-hybridized carbons (Fsp3) is 0.938. The Hall–Kier alpha value is -0.850. The van der Waals surface area contributed by atoms with E-state index < -0.39 is 0 Å². The molecule has 0 aromatic carbocycles. The Morgan fingerprint density at radius 3 is 2.59 bits per heavy atom. The topological polar surface area (TPSA) is 58.1 Å². The average molecular weight is 316 g/mol. The second-order valence-electron chi connectivity index (χ2n) is 5.38. The zero-order valence-corrected chi connectivity index (χ0v) is 15.2. The molecule has 0 aromatic rings. The molecule has 0 aromatic heterocycles. The molecule has 0 saturated carbocycles. The molecule has 0 rings (SSSR count). The van der Waals surface area contributed by atoms with E-state index in [-0.39, 0.29) is 0 Å². The number of guanidine groups is 1. The molecule has 0 amide bonds. The molecule has 0 aliphatic rings. The summed E-state index contributed by atoms with van der Waals surface area (Å²) in [6.45, 7) is 12.1. The van der Waals surface area contributed by atoms with Gasteiger partial charge in [-0.2, -0.15) is 0 Å². The van der Waals surface area contributed by atoms with Crippen LogP contribution in [-0.4, -0.2) is 77.1 Å². The maximum Gasteiger partial charge on any atom is 0.191 e. The van der Waals surface area contributed by atoms with Gasteiger partial charge < -0.3 is 25.0 Å². The maximum absolute atomic E-state index is 5.43. The predicted octanol–water partition coefficient (Wildman–Crippen LogP) is 1.32. The minimum absolute atomic E-state index is 0.616. The molecule has 0 radical (unpaired) electrons. The first-order valence-electron chi connectivity index (χ1n) is 8.44. The zero-order chi connectivity index (χ0) is 16.6. The third-order valence-corrected chi connectivity index (χ3v) is 3.59. The van der Waals surface area contributed by atoms with Gasteiger partial charge in [-0.1, -0.05) is 6.92 Å². The van der Waals surface area contributed by atoms with Gasteiger partial charge in [0.1, 0.15) is 0 Å². The Labute approximate surface area is 136 Å². The quantitative estimate of drug-likeness (QED) is 0.305. The molecule has 0 spiro atoms. The SMILES string of the molecule is CCNC(=NCCCOCCOC)NCCN(C)C(C)CC. The van der Waals surface area contributed by atoms with E-state index in [1.165, 1.54) is 6.42 Å². The van der Waals surface area contributed by atoms with Crippen LogP contribution in [0.3, 0.4) is 0 Å². The van der Waals surface area contributed by atoms with Crippen molar-refractivity contribution >= 4 is 5.96 Å². The number of hydrogen-bond acceptors (Lipinski definition) is 4. The van der Waals surface area contributed by atoms with Gasteiger partial charge in [0.2, 0.25) is 0 Å². The molecule has 0 bridgehead atoms. The summed E-state index contributed by atoms with van der Waals surface area (Å²) in [4.78, 5) is 6.92. The number of aliphatic imine (C=N–C) groups is 1. The van der Waals surface area contributed by atoms with Crippen LogP contribution in [0, 0.1) is 0 Å². The molecule has 0 saturated heterocycles. The van der Waals surface area contributed by atoms with Gasteiger partial charge in [-0.25, -0.2) is 0 Å². The van der Waals surface area contributed by atoms with E-state index >= 15 is 0 Å². The van der Waals surface area contributed by atoms with Crippen molar-refractivity contribution in [2.45, 2.75) is 39.7 Å². The van der Waals surface area contributed by atoms with E-state index in [4.69, 9.17) is 9.47 Å². The highest BCUT2D eigenvalue weighted by atomic mass is 16.5. The first-order chi connectivity index (χ1) is 10.7. The van der Waals surface area contributed by atoms with Crippen molar-refractivity contribution in [2.75, 3.05) is 60.2 Å². The summed E-state index contributed by atoms with van der Waals surface area (Å²) >= 11 is 0. The van der Waals surface area contributed by atoms with Gasteiger partial charge in [-0.15, -0.1) is 0 Å². The van der Waals surface area contributed by atoms with Crippen molar-refractivity contribution in [1.82, 2.24) is 15.5 Å². The van der Waals surface area contributed by atoms with Crippen molar-refractivity contribution < 1.29 is 9.47 Å². The molecule has 2 N–H and O–H groups in total. The lowest BCUT2D eigenvalue weighted by atomic mass is 10.2. The van der Waals surface area contributed by atoms with Crippen LogP contribution >= 0.6 is 0 Å². The molecule has 6 nitrogen and oxygen atoms in total. The van der Waals surface area contributed by atoms with Crippen LogP contribution in [0.1, 0.15) is 33.6 Å². The van der Waals surface area contributed by atoms with Crippen molar-refractivity contribution in [2.24, 2.45) is 4.99 Å². The highest BCUT2D eigenvalue weighted by Crippen LogP contribution is 1.98. The summed E-state index contributed by atoms with van der Waals surface area (Å²) in [6.07, 6.45) is 2.10. The molecule has 22 heavy (non-hydrogen) atoms. The highest BCUT2D eigenvalue weighted by molar-refractivity contribution is 5.79. The molecule has 0 aliphatic carbocycles. The van der Waals surface area contributed by atoms with E-state index in [1.54, 1.807) is 7.11 Å². The van der Waals surface area contributed by atoms with Gasteiger partial charge in [0.05, 0.1) is 13.2 Å². The molecule has 0 heterocycles. The Balaban J connectivity index is 3.86. The molecule has 0 fully saturated rings. The number of likely N-dealkylation sites (N-methyl/N-ethyl adjacent to an activating group) is 1. The largest absolute Gasteiger partial charge is 0.382 e. The van der Waals surface area contributed by atoms with Crippen molar-refractivity contribution in [3.05, 3.63) is 0 Å². The monoisotopic (exact) mass is 316 g/mol. The van der Waals surface area contributed by atoms with Crippen LogP contribution in [-0.2, 0) is 9.47 Å². The number of hydrogen-bond donors (Lipinski definition) is 2. The summed E-state index contributed by atoms with van der Waals surface area (Å²) < 4.78 is 10.4. The summed E-state index contributed by atoms with van der Waals surface area (Å²) in [7, 11) is 3.85. The fourth-order valence-electron chi connectivity index (χ4n) is 1.83. The van der Waals surface area contributed by atoms with Crippen molar-refractivity contribution in [3.63, 3.8) is 0 Å². The lowest BCUT2D eigenvalue weighted by Crippen LogP contribution is -2.42. The molecule has 1 unspecified atom stereocenters. The first kappa shape index (κ1) is 21.1. The average Bonchev–Trinajstić information content (AvgIpc) is 2.52. The van der Waals surface area contributed by atoms with E-state index in [0.717, 1.165) is 45.2 Å². The third-order valence-electron chi connectivity index (χ3n) is 3.59. The summed E-state index contributed by atoms with van der Waals surface area (Å²) in [5.74, 6) is 0.886. The molecule has 1 atom stereocenters. The van der Waals surface area contributed by atoms with Crippen molar-refractivity contribution in [1.29, 1.82) is 0 Å². The standard InChI is InChI=1S/C16H36N4O2/c1-6-15(3)20(4)11-10-19-16(17-7-2)18-9-8-12-22-14-13-21-5/h15H,6-14H2,1-5H3,(H2,17,18,19). The van der Waals surface area contributed by atoms with E-state index in [1.807, 2.05) is 0 Å². The van der Waals surface area contributed by atoms with Gasteiger partial charge >= 0.3 is 0 Å². The number of rotatable bonds is 13. The Kier molecular flexibility index (Phi) is 14.5. The van der Waals surface area contributed by atoms with Crippen molar-refractivity contribution in [3.8, 4) is 0 Å². The van der Waals surface area contributed by atoms with E-state index in [0.29, 0.717) is 19.3 Å². The lowest BCUT2D eigenvalue weighted by Gasteiger charge is -2.24. The van der Waals surface area contributed by atoms with Crippen LogP contribution < -0.4 is 10.6 Å². The van der Waals surface area contributed by atoms with Crippen LogP contribution in [0.2, 0.25) is 0 Å². The van der Waals surface area contributed by atoms with Gasteiger partial charge in [0, 0.05) is 45.9 Å². The minimum Gasteiger partial charge on any atom is -0.382 e. The van der Waals surface area contributed by atoms with Gasteiger partial charge in [-0.05, 0) is 33.7 Å². The van der Waals surface area contributed by atoms with Gasteiger partial charge in [-0.3, -0.25) is 4.99 Å².